The third kappa shape index (κ3) is 3.58. The fourth-order valence-electron chi connectivity index (χ4n) is 2.70. The van der Waals surface area contributed by atoms with Crippen LogP contribution >= 0.6 is 22.9 Å². The standard InChI is InChI=1S/C16H16ClN3O3S/c1-9(21)20-8-11(22)6-13(20)16(23)19-10-2-3-12(18-7-10)14-4-5-15(17)24-14/h2-5,7,11,13,22H,6,8H2,1H3,(H,19,23)/t11-,13-/m1/s1. The molecule has 24 heavy (non-hydrogen) atoms. The van der Waals surface area contributed by atoms with E-state index in [4.69, 9.17) is 11.6 Å². The van der Waals surface area contributed by atoms with E-state index in [9.17, 15) is 14.7 Å². The molecule has 1 saturated heterocycles. The van der Waals surface area contributed by atoms with E-state index < -0.39 is 12.1 Å². The lowest BCUT2D eigenvalue weighted by Crippen LogP contribution is -2.42. The molecule has 2 N–H and O–H groups in total. The van der Waals surface area contributed by atoms with Gasteiger partial charge in [-0.05, 0) is 24.3 Å². The minimum absolute atomic E-state index is 0.184. The lowest BCUT2D eigenvalue weighted by Gasteiger charge is -2.21. The highest BCUT2D eigenvalue weighted by Gasteiger charge is 2.37. The van der Waals surface area contributed by atoms with Gasteiger partial charge in [-0.1, -0.05) is 11.6 Å². The van der Waals surface area contributed by atoms with Gasteiger partial charge in [0.2, 0.25) is 11.8 Å². The van der Waals surface area contributed by atoms with Gasteiger partial charge in [0.25, 0.3) is 0 Å². The van der Waals surface area contributed by atoms with Crippen molar-refractivity contribution in [2.75, 3.05) is 11.9 Å². The van der Waals surface area contributed by atoms with Crippen LogP contribution in [0, 0.1) is 0 Å². The van der Waals surface area contributed by atoms with Gasteiger partial charge >= 0.3 is 0 Å². The summed E-state index contributed by atoms with van der Waals surface area (Å²) < 4.78 is 0.688. The number of likely N-dealkylation sites (tertiary alicyclic amines) is 1. The first kappa shape index (κ1) is 16.9. The molecule has 0 spiro atoms. The molecule has 1 fully saturated rings. The summed E-state index contributed by atoms with van der Waals surface area (Å²) in [5, 5.41) is 12.4. The molecule has 0 saturated carbocycles. The van der Waals surface area contributed by atoms with Crippen LogP contribution in [0.2, 0.25) is 4.34 Å². The summed E-state index contributed by atoms with van der Waals surface area (Å²) in [6.45, 7) is 1.57. The van der Waals surface area contributed by atoms with Gasteiger partial charge in [-0.15, -0.1) is 11.3 Å². The second-order valence-corrected chi connectivity index (χ2v) is 7.32. The summed E-state index contributed by atoms with van der Waals surface area (Å²) >= 11 is 7.34. The number of aliphatic hydroxyl groups excluding tert-OH is 1. The third-order valence-electron chi connectivity index (χ3n) is 3.84. The number of thiophene rings is 1. The Morgan fingerprint density at radius 2 is 2.17 bits per heavy atom. The van der Waals surface area contributed by atoms with E-state index in [0.717, 1.165) is 10.6 Å². The zero-order chi connectivity index (χ0) is 17.3. The minimum atomic E-state index is -0.672. The van der Waals surface area contributed by atoms with Gasteiger partial charge in [-0.2, -0.15) is 0 Å². The summed E-state index contributed by atoms with van der Waals surface area (Å²) in [6.07, 6.45) is 1.13. The van der Waals surface area contributed by atoms with Gasteiger partial charge in [-0.3, -0.25) is 14.6 Å². The molecule has 0 aromatic carbocycles. The Labute approximate surface area is 148 Å². The molecule has 3 rings (SSSR count). The van der Waals surface area contributed by atoms with Crippen LogP contribution in [0.3, 0.4) is 0 Å². The molecular formula is C16H16ClN3O3S. The number of aromatic nitrogens is 1. The average molecular weight is 366 g/mol. The van der Waals surface area contributed by atoms with Gasteiger partial charge in [0.1, 0.15) is 6.04 Å². The lowest BCUT2D eigenvalue weighted by molar-refractivity contribution is -0.134. The van der Waals surface area contributed by atoms with E-state index in [2.05, 4.69) is 10.3 Å². The molecule has 8 heteroatoms. The minimum Gasteiger partial charge on any atom is -0.391 e. The number of pyridine rings is 1. The van der Waals surface area contributed by atoms with Gasteiger partial charge in [0.05, 0.1) is 32.9 Å². The van der Waals surface area contributed by atoms with E-state index in [1.165, 1.54) is 23.2 Å². The van der Waals surface area contributed by atoms with Crippen molar-refractivity contribution in [3.05, 3.63) is 34.8 Å². The summed E-state index contributed by atoms with van der Waals surface area (Å²) in [4.78, 5) is 30.6. The fraction of sp³-hybridized carbons (Fsp3) is 0.312. The van der Waals surface area contributed by atoms with Gasteiger partial charge in [0.15, 0.2) is 0 Å². The Morgan fingerprint density at radius 3 is 2.75 bits per heavy atom. The van der Waals surface area contributed by atoms with Crippen molar-refractivity contribution in [1.82, 2.24) is 9.88 Å². The van der Waals surface area contributed by atoms with Crippen molar-refractivity contribution in [3.63, 3.8) is 0 Å². The van der Waals surface area contributed by atoms with E-state index >= 15 is 0 Å². The predicted octanol–water partition coefficient (Wildman–Crippen LogP) is 2.38. The topological polar surface area (TPSA) is 82.5 Å². The highest BCUT2D eigenvalue weighted by atomic mass is 35.5. The monoisotopic (exact) mass is 365 g/mol. The Hall–Kier alpha value is -1.96. The normalized spacial score (nSPS) is 20.2. The van der Waals surface area contributed by atoms with Crippen LogP contribution < -0.4 is 5.32 Å². The zero-order valence-electron chi connectivity index (χ0n) is 12.9. The van der Waals surface area contributed by atoms with Gasteiger partial charge < -0.3 is 15.3 Å². The van der Waals surface area contributed by atoms with Crippen molar-refractivity contribution < 1.29 is 14.7 Å². The third-order valence-corrected chi connectivity index (χ3v) is 5.10. The molecule has 2 aromatic heterocycles. The predicted molar refractivity (Wildman–Crippen MR) is 93.0 cm³/mol. The number of hydrogen-bond donors (Lipinski definition) is 2. The second-order valence-electron chi connectivity index (χ2n) is 5.60. The molecule has 2 amide bonds. The molecule has 1 aliphatic rings. The first-order valence-electron chi connectivity index (χ1n) is 7.42. The fourth-order valence-corrected chi connectivity index (χ4v) is 3.72. The van der Waals surface area contributed by atoms with Crippen LogP contribution in [-0.4, -0.2) is 45.5 Å². The Kier molecular flexibility index (Phi) is 4.84. The number of carbonyl (C=O) groups is 2. The molecule has 2 aromatic rings. The highest BCUT2D eigenvalue weighted by molar-refractivity contribution is 7.19. The van der Waals surface area contributed by atoms with Crippen molar-refractivity contribution in [3.8, 4) is 10.6 Å². The number of hydrogen-bond acceptors (Lipinski definition) is 5. The van der Waals surface area contributed by atoms with Crippen LogP contribution in [0.25, 0.3) is 10.6 Å². The molecular weight excluding hydrogens is 350 g/mol. The molecule has 0 unspecified atom stereocenters. The van der Waals surface area contributed by atoms with Crippen molar-refractivity contribution in [1.29, 1.82) is 0 Å². The number of rotatable bonds is 3. The van der Waals surface area contributed by atoms with Crippen molar-refractivity contribution >= 4 is 40.4 Å². The quantitative estimate of drug-likeness (QED) is 0.874. The number of anilines is 1. The average Bonchev–Trinajstić information content (AvgIpc) is 3.14. The van der Waals surface area contributed by atoms with Crippen LogP contribution in [0.5, 0.6) is 0 Å². The first-order valence-corrected chi connectivity index (χ1v) is 8.61. The number of aliphatic hydroxyl groups is 1. The molecule has 126 valence electrons. The van der Waals surface area contributed by atoms with Crippen LogP contribution in [-0.2, 0) is 9.59 Å². The Balaban J connectivity index is 1.69. The maximum atomic E-state index is 12.4. The summed E-state index contributed by atoms with van der Waals surface area (Å²) in [6, 6.07) is 6.58. The van der Waals surface area contributed by atoms with E-state index in [1.54, 1.807) is 24.4 Å². The molecule has 6 nitrogen and oxygen atoms in total. The molecule has 0 radical (unpaired) electrons. The SMILES string of the molecule is CC(=O)N1C[C@H](O)C[C@@H]1C(=O)Nc1ccc(-c2ccc(Cl)s2)nc1. The van der Waals surface area contributed by atoms with Crippen LogP contribution in [0.15, 0.2) is 30.5 Å². The maximum Gasteiger partial charge on any atom is 0.247 e. The number of nitrogens with zero attached hydrogens (tertiary/aromatic N) is 2. The number of β-amino-alcohol motifs (C(OH)–C–C–N with tert-alkyl or cyclic N) is 1. The lowest BCUT2D eigenvalue weighted by atomic mass is 10.2. The Morgan fingerprint density at radius 1 is 1.38 bits per heavy atom. The number of nitrogens with one attached hydrogen (secondary N) is 1. The smallest absolute Gasteiger partial charge is 0.247 e. The number of halogens is 1. The summed E-state index contributed by atoms with van der Waals surface area (Å²) in [5.41, 5.74) is 1.31. The second kappa shape index (κ2) is 6.88. The number of carbonyl (C=O) groups excluding carboxylic acids is 2. The number of amides is 2. The van der Waals surface area contributed by atoms with Crippen LogP contribution in [0.4, 0.5) is 5.69 Å². The summed E-state index contributed by atoms with van der Waals surface area (Å²) in [5.74, 6) is -0.551. The zero-order valence-corrected chi connectivity index (χ0v) is 14.5. The maximum absolute atomic E-state index is 12.4. The van der Waals surface area contributed by atoms with E-state index in [1.807, 2.05) is 6.07 Å². The van der Waals surface area contributed by atoms with Crippen LogP contribution in [0.1, 0.15) is 13.3 Å². The van der Waals surface area contributed by atoms with E-state index in [-0.39, 0.29) is 24.8 Å². The molecule has 0 aliphatic carbocycles. The van der Waals surface area contributed by atoms with Gasteiger partial charge in [-0.25, -0.2) is 0 Å². The van der Waals surface area contributed by atoms with Crippen molar-refractivity contribution in [2.24, 2.45) is 0 Å². The van der Waals surface area contributed by atoms with Crippen molar-refractivity contribution in [2.45, 2.75) is 25.5 Å². The molecule has 2 atom stereocenters. The Bertz CT molecular complexity index is 762. The van der Waals surface area contributed by atoms with E-state index in [0.29, 0.717) is 10.0 Å². The molecule has 0 bridgehead atoms. The summed E-state index contributed by atoms with van der Waals surface area (Å²) in [7, 11) is 0. The highest BCUT2D eigenvalue weighted by Crippen LogP contribution is 2.30. The molecule has 3 heterocycles. The largest absolute Gasteiger partial charge is 0.391 e. The first-order chi connectivity index (χ1) is 11.4. The van der Waals surface area contributed by atoms with Gasteiger partial charge in [0, 0.05) is 19.9 Å². The molecule has 1 aliphatic heterocycles.